The van der Waals surface area contributed by atoms with Crippen LogP contribution < -0.4 is 4.74 Å². The van der Waals surface area contributed by atoms with Crippen molar-refractivity contribution in [3.63, 3.8) is 0 Å². The lowest BCUT2D eigenvalue weighted by atomic mass is 10.0. The van der Waals surface area contributed by atoms with Gasteiger partial charge in [-0.1, -0.05) is 11.6 Å². The highest BCUT2D eigenvalue weighted by atomic mass is 35.5. The summed E-state index contributed by atoms with van der Waals surface area (Å²) in [6.07, 6.45) is 2.51. The van der Waals surface area contributed by atoms with Crippen LogP contribution in [0.3, 0.4) is 0 Å². The van der Waals surface area contributed by atoms with Gasteiger partial charge < -0.3 is 9.84 Å². The van der Waals surface area contributed by atoms with E-state index in [1.165, 1.54) is 32.3 Å². The molecule has 0 unspecified atom stereocenters. The van der Waals surface area contributed by atoms with E-state index in [2.05, 4.69) is 20.6 Å². The van der Waals surface area contributed by atoms with Gasteiger partial charge in [-0.05, 0) is 48.2 Å². The molecule has 2 N–H and O–H groups in total. The molecule has 0 radical (unpaired) electrons. The number of ether oxygens (including phenoxy) is 1. The van der Waals surface area contributed by atoms with E-state index in [9.17, 15) is 13.5 Å². The standard InChI is InChI=1S/C18H18ClN5O4S/c1-24(2)29(26,27)16-8-10(6-7-15(16)25)28-17-12-5-3-4-11(12)13(9-14(17)19)18-20-22-23-21-18/h6-9,25H,3-5H2,1-2H3,(H,20,21,22,23). The zero-order valence-corrected chi connectivity index (χ0v) is 17.3. The Balaban J connectivity index is 1.78. The van der Waals surface area contributed by atoms with Gasteiger partial charge in [0.2, 0.25) is 15.8 Å². The number of H-pyrrole nitrogens is 1. The Bertz CT molecular complexity index is 1180. The summed E-state index contributed by atoms with van der Waals surface area (Å²) in [5.74, 6) is 0.826. The van der Waals surface area contributed by atoms with E-state index < -0.39 is 10.0 Å². The summed E-state index contributed by atoms with van der Waals surface area (Å²) in [6, 6.07) is 5.79. The predicted molar refractivity (Wildman–Crippen MR) is 106 cm³/mol. The number of aromatic amines is 1. The van der Waals surface area contributed by atoms with Crippen molar-refractivity contribution in [3.8, 4) is 28.6 Å². The summed E-state index contributed by atoms with van der Waals surface area (Å²) in [4.78, 5) is -0.240. The molecule has 3 aromatic rings. The number of nitrogens with zero attached hydrogens (tertiary/aromatic N) is 4. The molecule has 1 heterocycles. The number of phenolic OH excluding ortho intramolecular Hbond substituents is 1. The van der Waals surface area contributed by atoms with Crippen molar-refractivity contribution >= 4 is 21.6 Å². The quantitative estimate of drug-likeness (QED) is 0.631. The molecule has 2 aromatic carbocycles. The number of sulfonamides is 1. The van der Waals surface area contributed by atoms with Crippen LogP contribution in [0.2, 0.25) is 5.02 Å². The monoisotopic (exact) mass is 435 g/mol. The molecular weight excluding hydrogens is 418 g/mol. The first-order valence-corrected chi connectivity index (χ1v) is 10.6. The largest absolute Gasteiger partial charge is 0.507 e. The maximum Gasteiger partial charge on any atom is 0.246 e. The number of fused-ring (bicyclic) bond motifs is 1. The highest BCUT2D eigenvalue weighted by Gasteiger charge is 2.26. The molecule has 1 aromatic heterocycles. The lowest BCUT2D eigenvalue weighted by Crippen LogP contribution is -2.22. The van der Waals surface area contributed by atoms with E-state index in [1.807, 2.05) is 0 Å². The molecule has 0 aliphatic heterocycles. The van der Waals surface area contributed by atoms with Crippen molar-refractivity contribution in [2.24, 2.45) is 0 Å². The number of benzene rings is 2. The first-order chi connectivity index (χ1) is 13.8. The molecule has 11 heteroatoms. The fraction of sp³-hybridized carbons (Fsp3) is 0.278. The molecule has 0 amide bonds. The molecule has 29 heavy (non-hydrogen) atoms. The zero-order chi connectivity index (χ0) is 20.8. The van der Waals surface area contributed by atoms with Crippen LogP contribution in [0, 0.1) is 0 Å². The average Bonchev–Trinajstić information content (AvgIpc) is 3.37. The second-order valence-electron chi connectivity index (χ2n) is 6.80. The van der Waals surface area contributed by atoms with Gasteiger partial charge in [-0.3, -0.25) is 0 Å². The topological polar surface area (TPSA) is 121 Å². The van der Waals surface area contributed by atoms with E-state index in [0.717, 1.165) is 40.3 Å². The molecule has 0 fully saturated rings. The zero-order valence-electron chi connectivity index (χ0n) is 15.7. The Hall–Kier alpha value is -2.69. The summed E-state index contributed by atoms with van der Waals surface area (Å²) in [5, 5.41) is 24.5. The maximum atomic E-state index is 12.4. The predicted octanol–water partition coefficient (Wildman–Crippen LogP) is 2.76. The summed E-state index contributed by atoms with van der Waals surface area (Å²) in [6.45, 7) is 0. The number of aromatic hydroxyl groups is 1. The molecule has 1 aliphatic rings. The lowest BCUT2D eigenvalue weighted by molar-refractivity contribution is 0.442. The van der Waals surface area contributed by atoms with Crippen molar-refractivity contribution in [2.45, 2.75) is 24.2 Å². The average molecular weight is 436 g/mol. The first-order valence-electron chi connectivity index (χ1n) is 8.80. The number of nitrogens with one attached hydrogen (secondary N) is 1. The summed E-state index contributed by atoms with van der Waals surface area (Å²) in [5.41, 5.74) is 2.76. The van der Waals surface area contributed by atoms with E-state index in [-0.39, 0.29) is 16.4 Å². The number of rotatable bonds is 5. The second kappa shape index (κ2) is 7.29. The van der Waals surface area contributed by atoms with Crippen molar-refractivity contribution < 1.29 is 18.3 Å². The molecule has 0 saturated heterocycles. The third kappa shape index (κ3) is 3.43. The van der Waals surface area contributed by atoms with Crippen molar-refractivity contribution in [2.75, 3.05) is 14.1 Å². The SMILES string of the molecule is CN(C)S(=O)(=O)c1cc(Oc2c(Cl)cc(-c3nn[nH]n3)c3c2CCC3)ccc1O. The fourth-order valence-electron chi connectivity index (χ4n) is 3.38. The van der Waals surface area contributed by atoms with Crippen LogP contribution in [0.1, 0.15) is 17.5 Å². The van der Waals surface area contributed by atoms with E-state index >= 15 is 0 Å². The maximum absolute atomic E-state index is 12.4. The number of aromatic nitrogens is 4. The van der Waals surface area contributed by atoms with Gasteiger partial charge in [-0.25, -0.2) is 12.7 Å². The van der Waals surface area contributed by atoms with E-state index in [4.69, 9.17) is 16.3 Å². The van der Waals surface area contributed by atoms with Gasteiger partial charge >= 0.3 is 0 Å². The highest BCUT2D eigenvalue weighted by Crippen LogP contribution is 2.44. The normalized spacial score (nSPS) is 13.7. The Kier molecular flexibility index (Phi) is 4.93. The van der Waals surface area contributed by atoms with Gasteiger partial charge in [0.05, 0.1) is 5.02 Å². The summed E-state index contributed by atoms with van der Waals surface area (Å²) in [7, 11) is -1.05. The minimum Gasteiger partial charge on any atom is -0.507 e. The Labute approximate surface area is 172 Å². The van der Waals surface area contributed by atoms with Crippen LogP contribution in [0.5, 0.6) is 17.2 Å². The molecule has 152 valence electrons. The smallest absolute Gasteiger partial charge is 0.246 e. The van der Waals surface area contributed by atoms with Crippen molar-refractivity contribution in [3.05, 3.63) is 40.4 Å². The fourth-order valence-corrected chi connectivity index (χ4v) is 4.63. The second-order valence-corrected chi connectivity index (χ2v) is 9.33. The minimum absolute atomic E-state index is 0.240. The molecule has 4 rings (SSSR count). The van der Waals surface area contributed by atoms with Gasteiger partial charge in [-0.2, -0.15) is 5.21 Å². The Morgan fingerprint density at radius 1 is 1.21 bits per heavy atom. The first kappa shape index (κ1) is 19.6. The van der Waals surface area contributed by atoms with Crippen LogP contribution in [-0.4, -0.2) is 52.5 Å². The van der Waals surface area contributed by atoms with Gasteiger partial charge in [0.1, 0.15) is 22.1 Å². The third-order valence-electron chi connectivity index (χ3n) is 4.80. The number of tetrazole rings is 1. The third-order valence-corrected chi connectivity index (χ3v) is 6.93. The van der Waals surface area contributed by atoms with E-state index in [0.29, 0.717) is 16.6 Å². The molecular formula is C18H18ClN5O4S. The van der Waals surface area contributed by atoms with Crippen LogP contribution in [0.4, 0.5) is 0 Å². The molecule has 9 nitrogen and oxygen atoms in total. The number of hydrogen-bond acceptors (Lipinski definition) is 7. The minimum atomic E-state index is -3.84. The highest BCUT2D eigenvalue weighted by molar-refractivity contribution is 7.89. The Morgan fingerprint density at radius 3 is 2.66 bits per heavy atom. The molecule has 0 bridgehead atoms. The summed E-state index contributed by atoms with van der Waals surface area (Å²) < 4.78 is 31.9. The van der Waals surface area contributed by atoms with Crippen molar-refractivity contribution in [1.29, 1.82) is 0 Å². The lowest BCUT2D eigenvalue weighted by Gasteiger charge is -2.17. The summed E-state index contributed by atoms with van der Waals surface area (Å²) >= 11 is 6.50. The van der Waals surface area contributed by atoms with Gasteiger partial charge in [-0.15, -0.1) is 10.2 Å². The number of hydrogen-bond donors (Lipinski definition) is 2. The molecule has 0 atom stereocenters. The molecule has 0 spiro atoms. The number of phenols is 1. The Morgan fingerprint density at radius 2 is 1.97 bits per heavy atom. The van der Waals surface area contributed by atoms with Crippen LogP contribution in [0.25, 0.3) is 11.4 Å². The van der Waals surface area contributed by atoms with E-state index in [1.54, 1.807) is 6.07 Å². The molecule has 0 saturated carbocycles. The van der Waals surface area contributed by atoms with Crippen LogP contribution in [0.15, 0.2) is 29.2 Å². The van der Waals surface area contributed by atoms with Crippen LogP contribution in [-0.2, 0) is 22.9 Å². The molecule has 1 aliphatic carbocycles. The van der Waals surface area contributed by atoms with Crippen LogP contribution >= 0.6 is 11.6 Å². The number of halogens is 1. The van der Waals surface area contributed by atoms with Crippen molar-refractivity contribution in [1.82, 2.24) is 24.9 Å². The van der Waals surface area contributed by atoms with Gasteiger partial charge in [0.15, 0.2) is 0 Å². The van der Waals surface area contributed by atoms with Gasteiger partial charge in [0, 0.05) is 31.3 Å². The van der Waals surface area contributed by atoms with Gasteiger partial charge in [0.25, 0.3) is 0 Å².